The minimum atomic E-state index is -0.510. The minimum Gasteiger partial charge on any atom is -0.337 e. The number of amides is 3. The van der Waals surface area contributed by atoms with Crippen molar-refractivity contribution < 1.29 is 14.4 Å². The van der Waals surface area contributed by atoms with Crippen LogP contribution in [-0.2, 0) is 23.2 Å². The predicted molar refractivity (Wildman–Crippen MR) is 111 cm³/mol. The maximum absolute atomic E-state index is 13.2. The second-order valence-electron chi connectivity index (χ2n) is 8.17. The molecule has 2 aromatic rings. The SMILES string of the molecule is Cc1cccc(CN2CC(=O)N3CCN(C(=O)c4cn(C)nc4C)CCC3C2=O)c1. The molecule has 4 rings (SSSR count). The van der Waals surface area contributed by atoms with E-state index < -0.39 is 6.04 Å². The van der Waals surface area contributed by atoms with Crippen LogP contribution in [0.5, 0.6) is 0 Å². The number of rotatable bonds is 3. The van der Waals surface area contributed by atoms with Gasteiger partial charge in [-0.2, -0.15) is 5.10 Å². The zero-order chi connectivity index (χ0) is 21.4. The molecular weight excluding hydrogens is 382 g/mol. The second kappa shape index (κ2) is 7.93. The number of hydrogen-bond acceptors (Lipinski definition) is 4. The topological polar surface area (TPSA) is 78.8 Å². The van der Waals surface area contributed by atoms with Crippen molar-refractivity contribution in [3.8, 4) is 0 Å². The van der Waals surface area contributed by atoms with Crippen molar-refractivity contribution in [3.63, 3.8) is 0 Å². The van der Waals surface area contributed by atoms with Crippen LogP contribution < -0.4 is 0 Å². The molecule has 0 bridgehead atoms. The van der Waals surface area contributed by atoms with Gasteiger partial charge in [-0.1, -0.05) is 29.8 Å². The lowest BCUT2D eigenvalue weighted by Crippen LogP contribution is -2.59. The Kier molecular flexibility index (Phi) is 5.32. The molecule has 1 aromatic heterocycles. The number of benzene rings is 1. The van der Waals surface area contributed by atoms with E-state index in [1.807, 2.05) is 38.1 Å². The van der Waals surface area contributed by atoms with E-state index in [-0.39, 0.29) is 24.3 Å². The van der Waals surface area contributed by atoms with E-state index >= 15 is 0 Å². The highest BCUT2D eigenvalue weighted by Crippen LogP contribution is 2.22. The number of fused-ring (bicyclic) bond motifs is 1. The third-order valence-electron chi connectivity index (χ3n) is 5.89. The van der Waals surface area contributed by atoms with Gasteiger partial charge < -0.3 is 14.7 Å². The summed E-state index contributed by atoms with van der Waals surface area (Å²) < 4.78 is 1.62. The van der Waals surface area contributed by atoms with Crippen molar-refractivity contribution in [2.24, 2.45) is 7.05 Å². The number of carbonyl (C=O) groups is 3. The van der Waals surface area contributed by atoms with Gasteiger partial charge in [0.2, 0.25) is 11.8 Å². The molecule has 0 aliphatic carbocycles. The number of carbonyl (C=O) groups excluding carboxylic acids is 3. The maximum atomic E-state index is 13.2. The lowest BCUT2D eigenvalue weighted by Gasteiger charge is -2.39. The Labute approximate surface area is 176 Å². The smallest absolute Gasteiger partial charge is 0.257 e. The molecule has 1 unspecified atom stereocenters. The van der Waals surface area contributed by atoms with Gasteiger partial charge in [0.1, 0.15) is 12.6 Å². The Balaban J connectivity index is 1.48. The van der Waals surface area contributed by atoms with Gasteiger partial charge in [0, 0.05) is 39.4 Å². The molecular formula is C22H27N5O3. The van der Waals surface area contributed by atoms with Gasteiger partial charge in [-0.25, -0.2) is 0 Å². The van der Waals surface area contributed by atoms with Crippen LogP contribution >= 0.6 is 0 Å². The van der Waals surface area contributed by atoms with Crippen LogP contribution in [0.3, 0.4) is 0 Å². The summed E-state index contributed by atoms with van der Waals surface area (Å²) in [5, 5.41) is 4.25. The van der Waals surface area contributed by atoms with E-state index in [1.54, 1.807) is 32.6 Å². The Morgan fingerprint density at radius 1 is 1.17 bits per heavy atom. The summed E-state index contributed by atoms with van der Waals surface area (Å²) in [7, 11) is 1.78. The van der Waals surface area contributed by atoms with Gasteiger partial charge in [-0.3, -0.25) is 19.1 Å². The predicted octanol–water partition coefficient (Wildman–Crippen LogP) is 1.12. The van der Waals surface area contributed by atoms with E-state index in [0.717, 1.165) is 11.1 Å². The molecule has 1 aromatic carbocycles. The summed E-state index contributed by atoms with van der Waals surface area (Å²) in [5.41, 5.74) is 3.39. The first-order valence-electron chi connectivity index (χ1n) is 10.3. The summed E-state index contributed by atoms with van der Waals surface area (Å²) >= 11 is 0. The average Bonchev–Trinajstić information content (AvgIpc) is 2.90. The average molecular weight is 409 g/mol. The Hall–Kier alpha value is -3.16. The summed E-state index contributed by atoms with van der Waals surface area (Å²) in [4.78, 5) is 44.0. The fourth-order valence-electron chi connectivity index (χ4n) is 4.38. The fourth-order valence-corrected chi connectivity index (χ4v) is 4.38. The van der Waals surface area contributed by atoms with Crippen LogP contribution in [0, 0.1) is 13.8 Å². The van der Waals surface area contributed by atoms with Crippen LogP contribution in [-0.4, -0.2) is 74.4 Å². The largest absolute Gasteiger partial charge is 0.337 e. The molecule has 2 saturated heterocycles. The summed E-state index contributed by atoms with van der Waals surface area (Å²) in [5.74, 6) is -0.195. The van der Waals surface area contributed by atoms with Crippen LogP contribution in [0.1, 0.15) is 33.6 Å². The minimum absolute atomic E-state index is 0.0389. The monoisotopic (exact) mass is 409 g/mol. The number of nitrogens with zero attached hydrogens (tertiary/aromatic N) is 5. The molecule has 3 heterocycles. The van der Waals surface area contributed by atoms with Gasteiger partial charge in [-0.15, -0.1) is 0 Å². The highest BCUT2D eigenvalue weighted by atomic mass is 16.2. The molecule has 8 heteroatoms. The fraction of sp³-hybridized carbons (Fsp3) is 0.455. The standard InChI is InChI=1S/C22H27N5O3/c1-15-5-4-6-17(11-15)12-26-14-20(28)27-10-9-25(8-7-19(27)22(26)30)21(29)18-13-24(3)23-16(18)2/h4-6,11,13,19H,7-10,12,14H2,1-3H3. The number of aromatic nitrogens is 2. The van der Waals surface area contributed by atoms with Crippen molar-refractivity contribution in [2.45, 2.75) is 32.9 Å². The molecule has 0 N–H and O–H groups in total. The third kappa shape index (κ3) is 3.81. The molecule has 30 heavy (non-hydrogen) atoms. The number of hydrogen-bond donors (Lipinski definition) is 0. The molecule has 1 atom stereocenters. The van der Waals surface area contributed by atoms with E-state index in [9.17, 15) is 14.4 Å². The first-order valence-corrected chi connectivity index (χ1v) is 10.3. The van der Waals surface area contributed by atoms with E-state index in [4.69, 9.17) is 0 Å². The molecule has 0 spiro atoms. The quantitative estimate of drug-likeness (QED) is 0.761. The molecule has 8 nitrogen and oxygen atoms in total. The van der Waals surface area contributed by atoms with Crippen LogP contribution in [0.15, 0.2) is 30.5 Å². The van der Waals surface area contributed by atoms with Crippen molar-refractivity contribution in [2.75, 3.05) is 26.2 Å². The Morgan fingerprint density at radius 3 is 2.67 bits per heavy atom. The summed E-state index contributed by atoms with van der Waals surface area (Å²) in [6.07, 6.45) is 2.16. The zero-order valence-corrected chi connectivity index (χ0v) is 17.7. The first-order chi connectivity index (χ1) is 14.3. The Bertz CT molecular complexity index is 998. The van der Waals surface area contributed by atoms with Gasteiger partial charge in [0.25, 0.3) is 5.91 Å². The summed E-state index contributed by atoms with van der Waals surface area (Å²) in [6, 6.07) is 7.47. The van der Waals surface area contributed by atoms with Gasteiger partial charge in [0.15, 0.2) is 0 Å². The second-order valence-corrected chi connectivity index (χ2v) is 8.17. The third-order valence-corrected chi connectivity index (χ3v) is 5.89. The lowest BCUT2D eigenvalue weighted by atomic mass is 10.1. The number of aryl methyl sites for hydroxylation is 3. The molecule has 0 radical (unpaired) electrons. The van der Waals surface area contributed by atoms with Crippen molar-refractivity contribution >= 4 is 17.7 Å². The van der Waals surface area contributed by atoms with Crippen LogP contribution in [0.4, 0.5) is 0 Å². The van der Waals surface area contributed by atoms with Crippen LogP contribution in [0.25, 0.3) is 0 Å². The summed E-state index contributed by atoms with van der Waals surface area (Å²) in [6.45, 7) is 5.55. The van der Waals surface area contributed by atoms with E-state index in [2.05, 4.69) is 5.10 Å². The zero-order valence-electron chi connectivity index (χ0n) is 17.7. The molecule has 0 saturated carbocycles. The first kappa shape index (κ1) is 20.1. The normalized spacial score (nSPS) is 19.7. The molecule has 2 aliphatic rings. The van der Waals surface area contributed by atoms with Gasteiger partial charge >= 0.3 is 0 Å². The van der Waals surface area contributed by atoms with Crippen LogP contribution in [0.2, 0.25) is 0 Å². The maximum Gasteiger partial charge on any atom is 0.257 e. The highest BCUT2D eigenvalue weighted by Gasteiger charge is 2.41. The van der Waals surface area contributed by atoms with E-state index in [1.165, 1.54) is 0 Å². The molecule has 2 fully saturated rings. The van der Waals surface area contributed by atoms with E-state index in [0.29, 0.717) is 43.9 Å². The van der Waals surface area contributed by atoms with Crippen molar-refractivity contribution in [1.82, 2.24) is 24.5 Å². The molecule has 158 valence electrons. The molecule has 2 aliphatic heterocycles. The van der Waals surface area contributed by atoms with Gasteiger partial charge in [0.05, 0.1) is 11.3 Å². The Morgan fingerprint density at radius 2 is 1.97 bits per heavy atom. The van der Waals surface area contributed by atoms with Crippen molar-refractivity contribution in [3.05, 3.63) is 52.8 Å². The highest BCUT2D eigenvalue weighted by molar-refractivity contribution is 5.96. The van der Waals surface area contributed by atoms with Crippen molar-refractivity contribution in [1.29, 1.82) is 0 Å². The molecule has 3 amide bonds. The lowest BCUT2D eigenvalue weighted by molar-refractivity contribution is -0.156. The number of piperazine rings is 1. The van der Waals surface area contributed by atoms with Gasteiger partial charge in [-0.05, 0) is 25.8 Å².